The molecule has 0 spiro atoms. The zero-order valence-corrected chi connectivity index (χ0v) is 14.3. The third-order valence-electron chi connectivity index (χ3n) is 3.04. The Hall–Kier alpha value is -1.24. The minimum atomic E-state index is 0.0677. The summed E-state index contributed by atoms with van der Waals surface area (Å²) in [7, 11) is 2.06. The summed E-state index contributed by atoms with van der Waals surface area (Å²) >= 11 is 1.48. The van der Waals surface area contributed by atoms with Crippen LogP contribution in [0.1, 0.15) is 29.1 Å². The highest BCUT2D eigenvalue weighted by molar-refractivity contribution is 7.11. The molecule has 1 saturated heterocycles. The monoisotopic (exact) mass is 313 g/mol. The van der Waals surface area contributed by atoms with E-state index in [2.05, 4.69) is 11.9 Å². The molecule has 1 aliphatic rings. The predicted molar refractivity (Wildman–Crippen MR) is 88.9 cm³/mol. The molecule has 1 amide bonds. The fourth-order valence-corrected chi connectivity index (χ4v) is 2.42. The molecule has 0 unspecified atom stereocenters. The van der Waals surface area contributed by atoms with Crippen LogP contribution in [0.5, 0.6) is 0 Å². The van der Waals surface area contributed by atoms with Crippen LogP contribution in [-0.2, 0) is 4.79 Å². The molecule has 0 radical (unpaired) electrons. The maximum atomic E-state index is 11.1. The number of nitrogens with zero attached hydrogens (tertiary/aromatic N) is 2. The van der Waals surface area contributed by atoms with Crippen molar-refractivity contribution in [2.75, 3.05) is 39.8 Å². The molecule has 1 fully saturated rings. The van der Waals surface area contributed by atoms with Crippen molar-refractivity contribution < 1.29 is 9.59 Å². The van der Waals surface area contributed by atoms with Crippen LogP contribution >= 0.6 is 11.3 Å². The molecule has 2 rings (SSSR count). The summed E-state index contributed by atoms with van der Waals surface area (Å²) in [6.07, 6.45) is 0.889. The van der Waals surface area contributed by atoms with Crippen LogP contribution in [0.2, 0.25) is 0 Å². The van der Waals surface area contributed by atoms with E-state index in [1.807, 2.05) is 37.1 Å². The molecule has 0 aliphatic carbocycles. The second-order valence-electron chi connectivity index (χ2n) is 4.47. The summed E-state index contributed by atoms with van der Waals surface area (Å²) in [6, 6.07) is 1.94. The molecule has 0 saturated carbocycles. The van der Waals surface area contributed by atoms with Crippen molar-refractivity contribution in [1.82, 2.24) is 9.80 Å². The molecule has 1 aromatic heterocycles. The fourth-order valence-electron chi connectivity index (χ4n) is 1.69. The summed E-state index contributed by atoms with van der Waals surface area (Å²) in [4.78, 5) is 26.0. The summed E-state index contributed by atoms with van der Waals surface area (Å²) in [5.74, 6) is 0.0677. The predicted octanol–water partition coefficient (Wildman–Crippen LogP) is 1.61. The molecular weight excluding hydrogens is 286 g/mol. The van der Waals surface area contributed by atoms with Crippen molar-refractivity contribution in [3.05, 3.63) is 21.9 Å². The smallest absolute Gasteiger partial charge is 0.236 e. The molecule has 2 heterocycles. The minimum Gasteiger partial charge on any atom is -0.339 e. The summed E-state index contributed by atoms with van der Waals surface area (Å²) in [6.45, 7) is 9.65. The Kier molecular flexibility index (Phi) is 10.7. The van der Waals surface area contributed by atoms with E-state index >= 15 is 0 Å². The van der Waals surface area contributed by atoms with Gasteiger partial charge in [-0.15, -0.1) is 11.3 Å². The zero-order chi connectivity index (χ0) is 16.3. The van der Waals surface area contributed by atoms with Gasteiger partial charge in [0.05, 0.1) is 11.4 Å². The number of piperazine rings is 1. The first-order chi connectivity index (χ1) is 10.1. The highest BCUT2D eigenvalue weighted by atomic mass is 32.1. The maximum Gasteiger partial charge on any atom is 0.236 e. The molecule has 2 N–H and O–H groups in total. The molecule has 0 bridgehead atoms. The lowest BCUT2D eigenvalue weighted by Gasteiger charge is -2.32. The first-order valence-corrected chi connectivity index (χ1v) is 8.12. The van der Waals surface area contributed by atoms with Crippen LogP contribution in [0.3, 0.4) is 0 Å². The zero-order valence-electron chi connectivity index (χ0n) is 13.5. The molecule has 21 heavy (non-hydrogen) atoms. The molecule has 5 nitrogen and oxygen atoms in total. The van der Waals surface area contributed by atoms with Crippen LogP contribution < -0.4 is 5.73 Å². The van der Waals surface area contributed by atoms with Gasteiger partial charge in [0.15, 0.2) is 6.29 Å². The van der Waals surface area contributed by atoms with Gasteiger partial charge in [-0.25, -0.2) is 0 Å². The number of aryl methyl sites for hydroxylation is 1. The van der Waals surface area contributed by atoms with Crippen LogP contribution in [0.25, 0.3) is 0 Å². The van der Waals surface area contributed by atoms with E-state index in [0.29, 0.717) is 0 Å². The number of likely N-dealkylation sites (N-methyl/N-ethyl adjacent to an activating group) is 1. The van der Waals surface area contributed by atoms with Crippen molar-refractivity contribution in [1.29, 1.82) is 0 Å². The van der Waals surface area contributed by atoms with E-state index < -0.39 is 0 Å². The lowest BCUT2D eigenvalue weighted by Crippen LogP contribution is -2.48. The highest BCUT2D eigenvalue weighted by Crippen LogP contribution is 2.11. The van der Waals surface area contributed by atoms with Gasteiger partial charge in [0.25, 0.3) is 0 Å². The van der Waals surface area contributed by atoms with Crippen LogP contribution in [0, 0.1) is 6.92 Å². The Balaban J connectivity index is 0.000000354. The van der Waals surface area contributed by atoms with E-state index in [4.69, 9.17) is 5.73 Å². The lowest BCUT2D eigenvalue weighted by molar-refractivity contribution is -0.131. The number of thiophene rings is 1. The Morgan fingerprint density at radius 2 is 1.90 bits per heavy atom. The van der Waals surface area contributed by atoms with Crippen LogP contribution in [0.15, 0.2) is 11.4 Å². The van der Waals surface area contributed by atoms with Crippen molar-refractivity contribution in [3.8, 4) is 0 Å². The first-order valence-electron chi connectivity index (χ1n) is 7.24. The standard InChI is InChI=1S/C7H15N3O.C6H6OS.C2H6/c1-9-2-4-10(5-3-9)7(11)6-8;1-5-2-3-8-6(5)4-7;1-2/h2-6,8H2,1H3;2-4H,1H3;1-2H3. The molecule has 6 heteroatoms. The second-order valence-corrected chi connectivity index (χ2v) is 5.42. The number of rotatable bonds is 2. The van der Waals surface area contributed by atoms with Gasteiger partial charge in [0, 0.05) is 26.2 Å². The maximum absolute atomic E-state index is 11.1. The SMILES string of the molecule is CC.CN1CCN(C(=O)CN)CC1.Cc1ccsc1C=O. The summed E-state index contributed by atoms with van der Waals surface area (Å²) in [5, 5.41) is 1.92. The molecule has 1 aliphatic heterocycles. The van der Waals surface area contributed by atoms with Gasteiger partial charge >= 0.3 is 0 Å². The van der Waals surface area contributed by atoms with Crippen LogP contribution in [-0.4, -0.2) is 61.8 Å². The number of hydrogen-bond acceptors (Lipinski definition) is 5. The summed E-state index contributed by atoms with van der Waals surface area (Å²) in [5.41, 5.74) is 6.31. The minimum absolute atomic E-state index is 0.0677. The Morgan fingerprint density at radius 3 is 2.24 bits per heavy atom. The normalized spacial score (nSPS) is 14.4. The molecular formula is C15H27N3O2S. The Labute approximate surface area is 131 Å². The van der Waals surface area contributed by atoms with E-state index in [9.17, 15) is 9.59 Å². The highest BCUT2D eigenvalue weighted by Gasteiger charge is 2.16. The van der Waals surface area contributed by atoms with Gasteiger partial charge in [-0.05, 0) is 31.0 Å². The van der Waals surface area contributed by atoms with Gasteiger partial charge < -0.3 is 15.5 Å². The first kappa shape index (κ1) is 19.8. The largest absolute Gasteiger partial charge is 0.339 e. The molecule has 1 aromatic rings. The second kappa shape index (κ2) is 11.4. The molecule has 120 valence electrons. The van der Waals surface area contributed by atoms with E-state index in [1.165, 1.54) is 11.3 Å². The molecule has 0 aromatic carbocycles. The van der Waals surface area contributed by atoms with Crippen molar-refractivity contribution >= 4 is 23.5 Å². The van der Waals surface area contributed by atoms with E-state index in [-0.39, 0.29) is 12.5 Å². The number of amides is 1. The Bertz CT molecular complexity index is 413. The van der Waals surface area contributed by atoms with Crippen molar-refractivity contribution in [3.63, 3.8) is 0 Å². The third-order valence-corrected chi connectivity index (χ3v) is 3.98. The topological polar surface area (TPSA) is 66.6 Å². The number of carbonyl (C=O) groups excluding carboxylic acids is 2. The Morgan fingerprint density at radius 1 is 1.33 bits per heavy atom. The van der Waals surface area contributed by atoms with Gasteiger partial charge in [0.1, 0.15) is 0 Å². The van der Waals surface area contributed by atoms with E-state index in [1.54, 1.807) is 0 Å². The average Bonchev–Trinajstić information content (AvgIpc) is 2.95. The summed E-state index contributed by atoms with van der Waals surface area (Å²) < 4.78 is 0. The lowest BCUT2D eigenvalue weighted by atomic mass is 10.3. The van der Waals surface area contributed by atoms with Gasteiger partial charge in [-0.3, -0.25) is 9.59 Å². The quantitative estimate of drug-likeness (QED) is 0.843. The average molecular weight is 313 g/mol. The number of carbonyl (C=O) groups is 2. The number of hydrogen-bond donors (Lipinski definition) is 1. The van der Waals surface area contributed by atoms with Gasteiger partial charge in [0.2, 0.25) is 5.91 Å². The number of nitrogens with two attached hydrogens (primary N) is 1. The number of aldehydes is 1. The molecule has 0 atom stereocenters. The van der Waals surface area contributed by atoms with E-state index in [0.717, 1.165) is 42.9 Å². The van der Waals surface area contributed by atoms with Crippen LogP contribution in [0.4, 0.5) is 0 Å². The fraction of sp³-hybridized carbons (Fsp3) is 0.600. The van der Waals surface area contributed by atoms with Gasteiger partial charge in [-0.1, -0.05) is 13.8 Å². The van der Waals surface area contributed by atoms with Crippen molar-refractivity contribution in [2.45, 2.75) is 20.8 Å². The third kappa shape index (κ3) is 7.36. The van der Waals surface area contributed by atoms with Gasteiger partial charge in [-0.2, -0.15) is 0 Å². The van der Waals surface area contributed by atoms with Crippen molar-refractivity contribution in [2.24, 2.45) is 5.73 Å².